The fraction of sp³-hybridized carbons (Fsp3) is 0.412. The van der Waals surface area contributed by atoms with Crippen molar-refractivity contribution in [2.24, 2.45) is 0 Å². The maximum absolute atomic E-state index is 12.6. The number of rotatable bonds is 3. The number of benzene rings is 1. The Balaban J connectivity index is 2.39. The van der Waals surface area contributed by atoms with E-state index in [0.717, 1.165) is 9.14 Å². The zero-order chi connectivity index (χ0) is 17.9. The lowest BCUT2D eigenvalue weighted by atomic mass is 10.1. The SMILES string of the molecule is CC(C)OC(=O)N1CC(I)=C(c2ccccc2)N1C(=O)OC(C)C. The third kappa shape index (κ3) is 4.19. The molecule has 0 spiro atoms. The fourth-order valence-electron chi connectivity index (χ4n) is 2.24. The van der Waals surface area contributed by atoms with Gasteiger partial charge in [0.15, 0.2) is 0 Å². The molecule has 0 saturated heterocycles. The molecule has 1 aliphatic rings. The monoisotopic (exact) mass is 444 g/mol. The van der Waals surface area contributed by atoms with Crippen LogP contribution in [0.5, 0.6) is 0 Å². The summed E-state index contributed by atoms with van der Waals surface area (Å²) in [7, 11) is 0. The first-order chi connectivity index (χ1) is 11.3. The van der Waals surface area contributed by atoms with Crippen LogP contribution in [-0.4, -0.2) is 41.0 Å². The molecule has 1 aliphatic heterocycles. The number of carbonyl (C=O) groups excluding carboxylic acids is 2. The van der Waals surface area contributed by atoms with Gasteiger partial charge in [-0.05, 0) is 50.3 Å². The number of amides is 2. The smallest absolute Gasteiger partial charge is 0.434 e. The van der Waals surface area contributed by atoms with Crippen LogP contribution in [0.25, 0.3) is 5.70 Å². The number of nitrogens with zero attached hydrogens (tertiary/aromatic N) is 2. The molecule has 130 valence electrons. The van der Waals surface area contributed by atoms with Crippen molar-refractivity contribution >= 4 is 40.5 Å². The second-order valence-electron chi connectivity index (χ2n) is 5.85. The third-order valence-electron chi connectivity index (χ3n) is 3.10. The van der Waals surface area contributed by atoms with Crippen LogP contribution in [0.4, 0.5) is 9.59 Å². The van der Waals surface area contributed by atoms with Crippen molar-refractivity contribution < 1.29 is 19.1 Å². The van der Waals surface area contributed by atoms with Gasteiger partial charge in [0, 0.05) is 9.14 Å². The van der Waals surface area contributed by atoms with Crippen molar-refractivity contribution in [2.45, 2.75) is 39.9 Å². The highest BCUT2D eigenvalue weighted by Crippen LogP contribution is 2.36. The molecule has 7 heteroatoms. The van der Waals surface area contributed by atoms with Gasteiger partial charge in [0.05, 0.1) is 24.4 Å². The van der Waals surface area contributed by atoms with Crippen LogP contribution in [0, 0.1) is 0 Å². The minimum Gasteiger partial charge on any atom is -0.445 e. The molecule has 0 radical (unpaired) electrons. The van der Waals surface area contributed by atoms with Crippen LogP contribution in [-0.2, 0) is 9.47 Å². The molecule has 0 fully saturated rings. The quantitative estimate of drug-likeness (QED) is 0.649. The van der Waals surface area contributed by atoms with E-state index in [1.165, 1.54) is 10.0 Å². The van der Waals surface area contributed by atoms with Crippen molar-refractivity contribution in [1.82, 2.24) is 10.0 Å². The molecule has 0 aromatic heterocycles. The average molecular weight is 444 g/mol. The zero-order valence-corrected chi connectivity index (χ0v) is 16.3. The van der Waals surface area contributed by atoms with Gasteiger partial charge in [-0.15, -0.1) is 0 Å². The molecule has 0 bridgehead atoms. The highest BCUT2D eigenvalue weighted by atomic mass is 127. The molecule has 2 amide bonds. The lowest BCUT2D eigenvalue weighted by molar-refractivity contribution is 0.00449. The summed E-state index contributed by atoms with van der Waals surface area (Å²) in [6.07, 6.45) is -1.75. The van der Waals surface area contributed by atoms with E-state index in [2.05, 4.69) is 22.6 Å². The van der Waals surface area contributed by atoms with Gasteiger partial charge in [-0.2, -0.15) is 5.01 Å². The Bertz CT molecular complexity index is 643. The molecule has 0 aliphatic carbocycles. The number of carbonyl (C=O) groups is 2. The first-order valence-electron chi connectivity index (χ1n) is 7.74. The summed E-state index contributed by atoms with van der Waals surface area (Å²) in [5.41, 5.74) is 1.48. The average Bonchev–Trinajstić information content (AvgIpc) is 2.84. The van der Waals surface area contributed by atoms with Gasteiger partial charge >= 0.3 is 12.2 Å². The van der Waals surface area contributed by atoms with E-state index in [-0.39, 0.29) is 18.8 Å². The molecule has 2 rings (SSSR count). The Morgan fingerprint density at radius 1 is 1.00 bits per heavy atom. The topological polar surface area (TPSA) is 59.1 Å². The van der Waals surface area contributed by atoms with Gasteiger partial charge in [-0.25, -0.2) is 14.6 Å². The van der Waals surface area contributed by atoms with Crippen molar-refractivity contribution in [2.75, 3.05) is 6.54 Å². The molecule has 0 atom stereocenters. The Morgan fingerprint density at radius 3 is 2.08 bits per heavy atom. The largest absolute Gasteiger partial charge is 0.445 e. The van der Waals surface area contributed by atoms with E-state index in [1.807, 2.05) is 30.3 Å². The van der Waals surface area contributed by atoms with Gasteiger partial charge in [-0.3, -0.25) is 0 Å². The van der Waals surface area contributed by atoms with Crippen molar-refractivity contribution in [3.63, 3.8) is 0 Å². The Labute approximate surface area is 155 Å². The van der Waals surface area contributed by atoms with E-state index in [4.69, 9.17) is 9.47 Å². The van der Waals surface area contributed by atoms with Crippen LogP contribution in [0.3, 0.4) is 0 Å². The Hall–Kier alpha value is -1.77. The van der Waals surface area contributed by atoms with Crippen LogP contribution < -0.4 is 0 Å². The van der Waals surface area contributed by atoms with Gasteiger partial charge in [0.25, 0.3) is 0 Å². The summed E-state index contributed by atoms with van der Waals surface area (Å²) < 4.78 is 11.4. The summed E-state index contributed by atoms with van der Waals surface area (Å²) in [5.74, 6) is 0. The van der Waals surface area contributed by atoms with E-state index in [1.54, 1.807) is 27.7 Å². The first kappa shape index (κ1) is 18.6. The van der Waals surface area contributed by atoms with Crippen molar-refractivity contribution in [1.29, 1.82) is 0 Å². The lowest BCUT2D eigenvalue weighted by Gasteiger charge is -2.30. The van der Waals surface area contributed by atoms with E-state index >= 15 is 0 Å². The molecule has 0 unspecified atom stereocenters. The van der Waals surface area contributed by atoms with E-state index in [9.17, 15) is 9.59 Å². The highest BCUT2D eigenvalue weighted by molar-refractivity contribution is 14.1. The summed E-state index contributed by atoms with van der Waals surface area (Å²) in [5, 5.41) is 2.54. The minimum atomic E-state index is -0.601. The van der Waals surface area contributed by atoms with Crippen molar-refractivity contribution in [3.05, 3.63) is 39.5 Å². The standard InChI is InChI=1S/C17H21IN2O4/c1-11(2)23-16(21)19-10-14(18)15(13-8-6-5-7-9-13)20(19)17(22)24-12(3)4/h5-9,11-12H,10H2,1-4H3. The molecular weight excluding hydrogens is 423 g/mol. The van der Waals surface area contributed by atoms with Crippen LogP contribution in [0.1, 0.15) is 33.3 Å². The van der Waals surface area contributed by atoms with Gasteiger partial charge < -0.3 is 9.47 Å². The highest BCUT2D eigenvalue weighted by Gasteiger charge is 2.40. The molecule has 0 saturated carbocycles. The predicted octanol–water partition coefficient (Wildman–Crippen LogP) is 4.41. The summed E-state index contributed by atoms with van der Waals surface area (Å²) in [6, 6.07) is 9.44. The summed E-state index contributed by atoms with van der Waals surface area (Å²) >= 11 is 2.14. The molecule has 24 heavy (non-hydrogen) atoms. The molecule has 0 N–H and O–H groups in total. The van der Waals surface area contributed by atoms with E-state index < -0.39 is 12.2 Å². The Kier molecular flexibility index (Phi) is 6.09. The number of ether oxygens (including phenoxy) is 2. The fourth-order valence-corrected chi connectivity index (χ4v) is 3.10. The first-order valence-corrected chi connectivity index (χ1v) is 8.82. The Morgan fingerprint density at radius 2 is 1.54 bits per heavy atom. The van der Waals surface area contributed by atoms with E-state index in [0.29, 0.717) is 5.70 Å². The van der Waals surface area contributed by atoms with Crippen LogP contribution in [0.2, 0.25) is 0 Å². The van der Waals surface area contributed by atoms with Gasteiger partial charge in [0.2, 0.25) is 0 Å². The second kappa shape index (κ2) is 7.87. The third-order valence-corrected chi connectivity index (χ3v) is 3.95. The zero-order valence-electron chi connectivity index (χ0n) is 14.2. The normalized spacial score (nSPS) is 14.6. The number of hydrogen-bond acceptors (Lipinski definition) is 4. The molecule has 1 heterocycles. The second-order valence-corrected chi connectivity index (χ2v) is 7.16. The predicted molar refractivity (Wildman–Crippen MR) is 99.2 cm³/mol. The maximum Gasteiger partial charge on any atom is 0.434 e. The maximum atomic E-state index is 12.6. The number of hydrogen-bond donors (Lipinski definition) is 0. The van der Waals surface area contributed by atoms with Gasteiger partial charge in [0.1, 0.15) is 0 Å². The summed E-state index contributed by atoms with van der Waals surface area (Å²) in [4.78, 5) is 25.0. The van der Waals surface area contributed by atoms with Gasteiger partial charge in [-0.1, -0.05) is 30.3 Å². The van der Waals surface area contributed by atoms with Crippen LogP contribution in [0.15, 0.2) is 33.9 Å². The molecule has 1 aromatic rings. The summed E-state index contributed by atoms with van der Waals surface area (Å²) in [6.45, 7) is 7.33. The lowest BCUT2D eigenvalue weighted by Crippen LogP contribution is -2.46. The number of hydrazine groups is 1. The minimum absolute atomic E-state index is 0.267. The van der Waals surface area contributed by atoms with Crippen LogP contribution >= 0.6 is 22.6 Å². The van der Waals surface area contributed by atoms with Crippen molar-refractivity contribution in [3.8, 4) is 0 Å². The molecule has 6 nitrogen and oxygen atoms in total. The molecular formula is C17H21IN2O4. The number of halogens is 1. The molecule has 1 aromatic carbocycles.